The third-order valence-corrected chi connectivity index (χ3v) is 1.91. The maximum atomic E-state index is 9.34. The van der Waals surface area contributed by atoms with Crippen LogP contribution in [0.2, 0.25) is 0 Å². The van der Waals surface area contributed by atoms with Gasteiger partial charge in [-0.3, -0.25) is 0 Å². The molecule has 5 atom stereocenters. The molecule has 0 aromatic rings. The average Bonchev–Trinajstić information content (AvgIpc) is 2.35. The van der Waals surface area contributed by atoms with Gasteiger partial charge in [-0.05, 0) is 6.92 Å². The molecule has 0 aliphatic rings. The third-order valence-electron chi connectivity index (χ3n) is 1.91. The zero-order valence-corrected chi connectivity index (χ0v) is 9.88. The smallest absolute Gasteiger partial charge is 0.111 e. The molecule has 0 spiro atoms. The fourth-order valence-corrected chi connectivity index (χ4v) is 0.703. The van der Waals surface area contributed by atoms with Crippen LogP contribution in [0, 0.1) is 0 Å². The molecule has 0 aliphatic heterocycles. The Morgan fingerprint density at radius 2 is 1.44 bits per heavy atom. The second-order valence-corrected chi connectivity index (χ2v) is 3.53. The molecular formula is C9H20NO8-. The molecular weight excluding hydrogens is 250 g/mol. The minimum Gasteiger partial charge on any atom is -0.547 e. The summed E-state index contributed by atoms with van der Waals surface area (Å²) in [4.78, 5) is 9.34. The Kier molecular flexibility index (Phi) is 11.0. The van der Waals surface area contributed by atoms with Crippen molar-refractivity contribution in [3.8, 4) is 0 Å². The van der Waals surface area contributed by atoms with E-state index in [2.05, 4.69) is 0 Å². The number of aliphatic hydroxyl groups excluding tert-OH is 6. The van der Waals surface area contributed by atoms with Crippen molar-refractivity contribution in [1.82, 2.24) is 0 Å². The van der Waals surface area contributed by atoms with Crippen LogP contribution < -0.4 is 10.8 Å². The molecule has 18 heavy (non-hydrogen) atoms. The summed E-state index contributed by atoms with van der Waals surface area (Å²) in [6.07, 6.45) is -7.25. The Bertz CT molecular complexity index is 211. The number of nitrogens with two attached hydrogens (primary N) is 1. The highest BCUT2D eigenvalue weighted by Gasteiger charge is 2.28. The Labute approximate surface area is 104 Å². The molecule has 0 bridgehead atoms. The lowest BCUT2D eigenvalue weighted by molar-refractivity contribution is -0.314. The Morgan fingerprint density at radius 1 is 1.11 bits per heavy atom. The number of rotatable bonds is 6. The maximum Gasteiger partial charge on any atom is 0.111 e. The van der Waals surface area contributed by atoms with Gasteiger partial charge in [0.25, 0.3) is 0 Å². The summed E-state index contributed by atoms with van der Waals surface area (Å²) in [6, 6.07) is 0. The summed E-state index contributed by atoms with van der Waals surface area (Å²) >= 11 is 0. The van der Waals surface area contributed by atoms with Gasteiger partial charge in [0.1, 0.15) is 18.3 Å². The number of aliphatic hydroxyl groups is 6. The lowest BCUT2D eigenvalue weighted by Gasteiger charge is -2.24. The van der Waals surface area contributed by atoms with E-state index in [1.165, 1.54) is 0 Å². The normalized spacial score (nSPS) is 18.9. The number of hydrogen-bond acceptors (Lipinski definition) is 9. The Morgan fingerprint density at radius 3 is 1.67 bits per heavy atom. The number of carboxylic acid groups (broad SMARTS) is 1. The van der Waals surface area contributed by atoms with Crippen molar-refractivity contribution >= 4 is 5.97 Å². The molecule has 0 radical (unpaired) electrons. The molecule has 110 valence electrons. The SMILES string of the molecule is CC(O)C(=O)[O-].NCC(O)C(O)C(O)C(O)CO. The molecule has 0 aliphatic carbocycles. The molecule has 0 aromatic heterocycles. The summed E-state index contributed by atoms with van der Waals surface area (Å²) < 4.78 is 0. The fourth-order valence-electron chi connectivity index (χ4n) is 0.703. The second kappa shape index (κ2) is 10.1. The van der Waals surface area contributed by atoms with Crippen LogP contribution in [0.25, 0.3) is 0 Å². The van der Waals surface area contributed by atoms with Gasteiger partial charge >= 0.3 is 0 Å². The van der Waals surface area contributed by atoms with Gasteiger partial charge in [-0.25, -0.2) is 0 Å². The number of carbonyl (C=O) groups is 1. The van der Waals surface area contributed by atoms with Crippen LogP contribution in [0.5, 0.6) is 0 Å². The zero-order valence-electron chi connectivity index (χ0n) is 9.88. The van der Waals surface area contributed by atoms with Gasteiger partial charge in [0, 0.05) is 6.54 Å². The van der Waals surface area contributed by atoms with Crippen LogP contribution in [0.15, 0.2) is 0 Å². The predicted octanol–water partition coefficient (Wildman–Crippen LogP) is -5.50. The molecule has 0 aromatic carbocycles. The quantitative estimate of drug-likeness (QED) is 0.247. The van der Waals surface area contributed by atoms with Crippen molar-refractivity contribution in [2.75, 3.05) is 13.2 Å². The van der Waals surface area contributed by atoms with Crippen LogP contribution in [-0.2, 0) is 4.79 Å². The summed E-state index contributed by atoms with van der Waals surface area (Å²) in [5.74, 6) is -1.44. The van der Waals surface area contributed by atoms with Gasteiger partial charge < -0.3 is 46.3 Å². The van der Waals surface area contributed by atoms with Crippen molar-refractivity contribution in [3.05, 3.63) is 0 Å². The van der Waals surface area contributed by atoms with Crippen LogP contribution in [0.3, 0.4) is 0 Å². The van der Waals surface area contributed by atoms with E-state index in [1.807, 2.05) is 0 Å². The molecule has 0 saturated heterocycles. The van der Waals surface area contributed by atoms with Crippen molar-refractivity contribution in [3.63, 3.8) is 0 Å². The Balaban J connectivity index is 0. The van der Waals surface area contributed by atoms with E-state index in [0.29, 0.717) is 0 Å². The van der Waals surface area contributed by atoms with E-state index in [0.717, 1.165) is 6.92 Å². The van der Waals surface area contributed by atoms with Gasteiger partial charge in [-0.1, -0.05) is 0 Å². The van der Waals surface area contributed by atoms with E-state index in [4.69, 9.17) is 36.4 Å². The summed E-state index contributed by atoms with van der Waals surface area (Å²) in [5, 5.41) is 61.5. The number of hydrogen-bond donors (Lipinski definition) is 7. The first-order valence-electron chi connectivity index (χ1n) is 5.11. The van der Waals surface area contributed by atoms with E-state index in [1.54, 1.807) is 0 Å². The van der Waals surface area contributed by atoms with Crippen LogP contribution in [0.1, 0.15) is 6.92 Å². The number of aliphatic carboxylic acids is 1. The average molecular weight is 270 g/mol. The third kappa shape index (κ3) is 8.31. The van der Waals surface area contributed by atoms with E-state index < -0.39 is 43.1 Å². The lowest BCUT2D eigenvalue weighted by Crippen LogP contribution is -2.48. The molecule has 9 heteroatoms. The first kappa shape index (κ1) is 19.5. The van der Waals surface area contributed by atoms with E-state index in [9.17, 15) is 9.90 Å². The molecule has 0 fully saturated rings. The predicted molar refractivity (Wildman–Crippen MR) is 56.9 cm³/mol. The highest BCUT2D eigenvalue weighted by molar-refractivity contribution is 5.68. The molecule has 0 amide bonds. The largest absolute Gasteiger partial charge is 0.547 e. The van der Waals surface area contributed by atoms with E-state index >= 15 is 0 Å². The maximum absolute atomic E-state index is 9.34. The van der Waals surface area contributed by atoms with Gasteiger partial charge in [0.05, 0.1) is 24.8 Å². The van der Waals surface area contributed by atoms with Gasteiger partial charge in [-0.15, -0.1) is 0 Å². The molecule has 9 nitrogen and oxygen atoms in total. The molecule has 8 N–H and O–H groups in total. The number of carboxylic acids is 1. The number of carbonyl (C=O) groups excluding carboxylic acids is 1. The molecule has 0 rings (SSSR count). The molecule has 5 unspecified atom stereocenters. The second-order valence-electron chi connectivity index (χ2n) is 3.53. The van der Waals surface area contributed by atoms with Crippen LogP contribution in [-0.4, -0.2) is 80.3 Å². The Hall–Kier alpha value is -0.810. The minimum absolute atomic E-state index is 0.226. The van der Waals surface area contributed by atoms with Crippen molar-refractivity contribution in [2.24, 2.45) is 5.73 Å². The first-order chi connectivity index (χ1) is 8.18. The van der Waals surface area contributed by atoms with Gasteiger partial charge in [0.15, 0.2) is 0 Å². The summed E-state index contributed by atoms with van der Waals surface area (Å²) in [6.45, 7) is 0.223. The zero-order chi connectivity index (χ0) is 14.9. The van der Waals surface area contributed by atoms with Crippen molar-refractivity contribution in [2.45, 2.75) is 37.4 Å². The fraction of sp³-hybridized carbons (Fsp3) is 0.889. The summed E-state index contributed by atoms with van der Waals surface area (Å²) in [7, 11) is 0. The van der Waals surface area contributed by atoms with E-state index in [-0.39, 0.29) is 6.54 Å². The van der Waals surface area contributed by atoms with Crippen LogP contribution in [0.4, 0.5) is 0 Å². The standard InChI is InChI=1S/C6H15NO5.C3H6O3/c7-1-3(9)5(11)6(12)4(10)2-8;1-2(4)3(5)6/h3-6,8-12H,1-2,7H2;2,4H,1H3,(H,5,6)/p-1. The van der Waals surface area contributed by atoms with Crippen molar-refractivity contribution < 1.29 is 40.5 Å². The summed E-state index contributed by atoms with van der Waals surface area (Å²) in [5.41, 5.74) is 4.99. The minimum atomic E-state index is -1.59. The topological polar surface area (TPSA) is 188 Å². The highest BCUT2D eigenvalue weighted by atomic mass is 16.4. The molecule has 0 heterocycles. The highest BCUT2D eigenvalue weighted by Crippen LogP contribution is 2.03. The first-order valence-corrected chi connectivity index (χ1v) is 5.11. The lowest BCUT2D eigenvalue weighted by atomic mass is 10.0. The van der Waals surface area contributed by atoms with Gasteiger partial charge in [0.2, 0.25) is 0 Å². The van der Waals surface area contributed by atoms with Crippen molar-refractivity contribution in [1.29, 1.82) is 0 Å². The monoisotopic (exact) mass is 270 g/mol. The van der Waals surface area contributed by atoms with Crippen LogP contribution >= 0.6 is 0 Å². The van der Waals surface area contributed by atoms with Gasteiger partial charge in [-0.2, -0.15) is 0 Å². The molecule has 0 saturated carbocycles.